The summed E-state index contributed by atoms with van der Waals surface area (Å²) in [4.78, 5) is 12.6. The predicted octanol–water partition coefficient (Wildman–Crippen LogP) is 4.16. The molecule has 148 valence electrons. The summed E-state index contributed by atoms with van der Waals surface area (Å²) in [5.41, 5.74) is 0.905. The number of halogens is 1. The van der Waals surface area contributed by atoms with Crippen molar-refractivity contribution in [3.8, 4) is 17.2 Å². The first-order valence-electron chi connectivity index (χ1n) is 9.77. The van der Waals surface area contributed by atoms with Gasteiger partial charge in [0.05, 0.1) is 0 Å². The van der Waals surface area contributed by atoms with Gasteiger partial charge in [0.25, 0.3) is 5.56 Å². The second kappa shape index (κ2) is 9.03. The highest BCUT2D eigenvalue weighted by atomic mass is 19.1. The first-order chi connectivity index (χ1) is 13.5. The Morgan fingerprint density at radius 1 is 1.29 bits per heavy atom. The third-order valence-corrected chi connectivity index (χ3v) is 5.08. The Morgan fingerprint density at radius 2 is 2.04 bits per heavy atom. The summed E-state index contributed by atoms with van der Waals surface area (Å²) in [5, 5.41) is 12.8. The molecule has 1 aliphatic heterocycles. The fourth-order valence-electron chi connectivity index (χ4n) is 3.38. The maximum atomic E-state index is 14.8. The lowest BCUT2D eigenvalue weighted by Gasteiger charge is -2.24. The molecule has 1 N–H and O–H groups in total. The van der Waals surface area contributed by atoms with Crippen molar-refractivity contribution >= 4 is 5.69 Å². The highest BCUT2D eigenvalue weighted by Gasteiger charge is 2.17. The Bertz CT molecular complexity index is 924. The number of anilines is 1. The summed E-state index contributed by atoms with van der Waals surface area (Å²) in [6, 6.07) is 8.74. The number of hydrogen-bond donors (Lipinski definition) is 1. The molecule has 1 saturated heterocycles. The molecule has 0 amide bonds. The summed E-state index contributed by atoms with van der Waals surface area (Å²) in [6.07, 6.45) is 4.26. The predicted molar refractivity (Wildman–Crippen MR) is 108 cm³/mol. The average Bonchev–Trinajstić information content (AvgIpc) is 2.68. The zero-order valence-electron chi connectivity index (χ0n) is 16.4. The SMILES string of the molecule is CC(C)CCn1ccc(-c2ccc(NC3CCOCC3)cc2F)c(C#N)c1=O. The third kappa shape index (κ3) is 4.60. The normalized spacial score (nSPS) is 14.8. The van der Waals surface area contributed by atoms with Crippen LogP contribution in [0.15, 0.2) is 35.3 Å². The minimum Gasteiger partial charge on any atom is -0.382 e. The average molecular weight is 383 g/mol. The maximum Gasteiger partial charge on any atom is 0.269 e. The Hall–Kier alpha value is -2.65. The Morgan fingerprint density at radius 3 is 2.68 bits per heavy atom. The molecule has 0 bridgehead atoms. The van der Waals surface area contributed by atoms with E-state index < -0.39 is 5.82 Å². The third-order valence-electron chi connectivity index (χ3n) is 5.08. The fraction of sp³-hybridized carbons (Fsp3) is 0.455. The van der Waals surface area contributed by atoms with Crippen LogP contribution in [0.25, 0.3) is 11.1 Å². The number of nitrogens with zero attached hydrogens (tertiary/aromatic N) is 2. The highest BCUT2D eigenvalue weighted by molar-refractivity contribution is 5.72. The second-order valence-electron chi connectivity index (χ2n) is 7.62. The van der Waals surface area contributed by atoms with Crippen LogP contribution in [0.1, 0.15) is 38.7 Å². The van der Waals surface area contributed by atoms with E-state index in [1.807, 2.05) is 6.07 Å². The highest BCUT2D eigenvalue weighted by Crippen LogP contribution is 2.27. The Balaban J connectivity index is 1.87. The van der Waals surface area contributed by atoms with Crippen molar-refractivity contribution in [2.75, 3.05) is 18.5 Å². The maximum absolute atomic E-state index is 14.8. The zero-order chi connectivity index (χ0) is 20.1. The van der Waals surface area contributed by atoms with Gasteiger partial charge in [0.2, 0.25) is 0 Å². The number of aryl methyl sites for hydroxylation is 1. The molecular weight excluding hydrogens is 357 g/mol. The molecule has 1 fully saturated rings. The quantitative estimate of drug-likeness (QED) is 0.813. The number of benzene rings is 1. The van der Waals surface area contributed by atoms with Gasteiger partial charge in [-0.05, 0) is 49.4 Å². The van der Waals surface area contributed by atoms with Gasteiger partial charge in [-0.15, -0.1) is 0 Å². The number of aromatic nitrogens is 1. The topological polar surface area (TPSA) is 67.1 Å². The largest absolute Gasteiger partial charge is 0.382 e. The van der Waals surface area contributed by atoms with Gasteiger partial charge in [-0.1, -0.05) is 13.8 Å². The van der Waals surface area contributed by atoms with Crippen LogP contribution in [0.4, 0.5) is 10.1 Å². The van der Waals surface area contributed by atoms with Crippen LogP contribution >= 0.6 is 0 Å². The summed E-state index contributed by atoms with van der Waals surface area (Å²) in [6.45, 7) is 6.11. The van der Waals surface area contributed by atoms with Gasteiger partial charge in [-0.25, -0.2) is 4.39 Å². The first kappa shape index (κ1) is 20.1. The van der Waals surface area contributed by atoms with E-state index in [2.05, 4.69) is 19.2 Å². The van der Waals surface area contributed by atoms with Crippen molar-refractivity contribution < 1.29 is 9.13 Å². The lowest BCUT2D eigenvalue weighted by atomic mass is 10.0. The summed E-state index contributed by atoms with van der Waals surface area (Å²) < 4.78 is 21.7. The van der Waals surface area contributed by atoms with Gasteiger partial charge in [0.1, 0.15) is 17.4 Å². The summed E-state index contributed by atoms with van der Waals surface area (Å²) >= 11 is 0. The lowest BCUT2D eigenvalue weighted by Crippen LogP contribution is -2.27. The van der Waals surface area contributed by atoms with Crippen molar-refractivity contribution in [2.24, 2.45) is 5.92 Å². The molecular formula is C22H26FN3O2. The van der Waals surface area contributed by atoms with Crippen LogP contribution in [0.2, 0.25) is 0 Å². The van der Waals surface area contributed by atoms with E-state index >= 15 is 0 Å². The standard InChI is InChI=1S/C22H26FN3O2/c1-15(2)5-9-26-10-6-18(20(14-24)22(26)27)19-4-3-17(13-21(19)23)25-16-7-11-28-12-8-16/h3-4,6,10,13,15-16,25H,5,7-9,11-12H2,1-2H3. The van der Waals surface area contributed by atoms with Crippen molar-refractivity contribution in [1.29, 1.82) is 5.26 Å². The molecule has 3 rings (SSSR count). The van der Waals surface area contributed by atoms with E-state index in [-0.39, 0.29) is 22.7 Å². The number of nitrogens with one attached hydrogen (secondary N) is 1. The first-order valence-corrected chi connectivity index (χ1v) is 9.77. The van der Waals surface area contributed by atoms with E-state index in [9.17, 15) is 14.4 Å². The number of pyridine rings is 1. The molecule has 2 heterocycles. The van der Waals surface area contributed by atoms with Gasteiger partial charge in [0.15, 0.2) is 0 Å². The van der Waals surface area contributed by atoms with Crippen LogP contribution in [-0.4, -0.2) is 23.8 Å². The number of hydrogen-bond acceptors (Lipinski definition) is 4. The van der Waals surface area contributed by atoms with Crippen LogP contribution < -0.4 is 10.9 Å². The van der Waals surface area contributed by atoms with E-state index in [4.69, 9.17) is 4.74 Å². The number of nitriles is 1. The van der Waals surface area contributed by atoms with E-state index in [1.54, 1.807) is 24.4 Å². The van der Waals surface area contributed by atoms with E-state index in [0.717, 1.165) is 19.3 Å². The monoisotopic (exact) mass is 383 g/mol. The molecule has 1 aliphatic rings. The second-order valence-corrected chi connectivity index (χ2v) is 7.62. The molecule has 0 saturated carbocycles. The van der Waals surface area contributed by atoms with Gasteiger partial charge >= 0.3 is 0 Å². The molecule has 2 aromatic rings. The fourth-order valence-corrected chi connectivity index (χ4v) is 3.38. The van der Waals surface area contributed by atoms with Crippen LogP contribution in [0.5, 0.6) is 0 Å². The van der Waals surface area contributed by atoms with Gasteiger partial charge in [-0.3, -0.25) is 4.79 Å². The minimum absolute atomic E-state index is 0.0182. The van der Waals surface area contributed by atoms with Gasteiger partial charge < -0.3 is 14.6 Å². The Labute approximate surface area is 164 Å². The lowest BCUT2D eigenvalue weighted by molar-refractivity contribution is 0.0904. The molecule has 5 nitrogen and oxygen atoms in total. The molecule has 6 heteroatoms. The molecule has 28 heavy (non-hydrogen) atoms. The summed E-state index contributed by atoms with van der Waals surface area (Å²) in [5.74, 6) is -0.00165. The Kier molecular flexibility index (Phi) is 6.48. The molecule has 0 aliphatic carbocycles. The smallest absolute Gasteiger partial charge is 0.269 e. The number of rotatable bonds is 6. The van der Waals surface area contributed by atoms with E-state index in [1.165, 1.54) is 10.6 Å². The molecule has 0 radical (unpaired) electrons. The molecule has 0 atom stereocenters. The summed E-state index contributed by atoms with van der Waals surface area (Å²) in [7, 11) is 0. The van der Waals surface area contributed by atoms with Crippen LogP contribution in [-0.2, 0) is 11.3 Å². The van der Waals surface area contributed by atoms with E-state index in [0.29, 0.717) is 36.9 Å². The van der Waals surface area contributed by atoms with Crippen molar-refractivity contribution in [1.82, 2.24) is 4.57 Å². The zero-order valence-corrected chi connectivity index (χ0v) is 16.4. The molecule has 1 aromatic carbocycles. The van der Waals surface area contributed by atoms with Crippen molar-refractivity contribution in [3.05, 3.63) is 52.2 Å². The van der Waals surface area contributed by atoms with Crippen LogP contribution in [0.3, 0.4) is 0 Å². The molecule has 1 aromatic heterocycles. The van der Waals surface area contributed by atoms with Gasteiger partial charge in [-0.2, -0.15) is 5.26 Å². The van der Waals surface area contributed by atoms with Crippen molar-refractivity contribution in [3.63, 3.8) is 0 Å². The molecule has 0 spiro atoms. The van der Waals surface area contributed by atoms with Crippen LogP contribution in [0, 0.1) is 23.1 Å². The van der Waals surface area contributed by atoms with Gasteiger partial charge in [0, 0.05) is 48.8 Å². The molecule has 0 unspecified atom stereocenters. The van der Waals surface area contributed by atoms with Crippen molar-refractivity contribution in [2.45, 2.75) is 45.7 Å². The minimum atomic E-state index is -0.451. The number of ether oxygens (including phenoxy) is 1.